The molecule has 1 saturated carbocycles. The highest BCUT2D eigenvalue weighted by Crippen LogP contribution is 2.29. The number of hydrogen-bond donors (Lipinski definition) is 2. The van der Waals surface area contributed by atoms with Crippen molar-refractivity contribution in [3.63, 3.8) is 0 Å². The van der Waals surface area contributed by atoms with Crippen LogP contribution in [0.25, 0.3) is 0 Å². The first-order valence-electron chi connectivity index (χ1n) is 10.4. The van der Waals surface area contributed by atoms with E-state index in [4.69, 9.17) is 0 Å². The van der Waals surface area contributed by atoms with E-state index in [1.807, 2.05) is 36.4 Å². The molecule has 0 heterocycles. The summed E-state index contributed by atoms with van der Waals surface area (Å²) in [5.41, 5.74) is 2.47. The highest BCUT2D eigenvalue weighted by Gasteiger charge is 2.29. The topological polar surface area (TPSA) is 58.2 Å². The van der Waals surface area contributed by atoms with E-state index in [-0.39, 0.29) is 23.7 Å². The van der Waals surface area contributed by atoms with Gasteiger partial charge >= 0.3 is 0 Å². The monoisotopic (exact) mass is 378 g/mol. The highest BCUT2D eigenvalue weighted by atomic mass is 16.2. The van der Waals surface area contributed by atoms with Crippen LogP contribution in [0.4, 0.5) is 0 Å². The predicted molar refractivity (Wildman–Crippen MR) is 112 cm³/mol. The molecule has 2 aromatic rings. The lowest BCUT2D eigenvalue weighted by molar-refractivity contribution is -0.130. The minimum atomic E-state index is 0.0455. The van der Waals surface area contributed by atoms with E-state index >= 15 is 0 Å². The number of hydrogen-bond acceptors (Lipinski definition) is 2. The Balaban J connectivity index is 1.32. The van der Waals surface area contributed by atoms with Gasteiger partial charge < -0.3 is 10.6 Å². The molecule has 4 nitrogen and oxygen atoms in total. The van der Waals surface area contributed by atoms with Crippen LogP contribution in [-0.4, -0.2) is 24.9 Å². The average Bonchev–Trinajstić information content (AvgIpc) is 2.75. The lowest BCUT2D eigenvalue weighted by Crippen LogP contribution is -2.38. The quantitative estimate of drug-likeness (QED) is 0.738. The molecule has 0 saturated heterocycles. The second-order valence-corrected chi connectivity index (χ2v) is 7.60. The van der Waals surface area contributed by atoms with Gasteiger partial charge in [0.1, 0.15) is 0 Å². The van der Waals surface area contributed by atoms with Crippen molar-refractivity contribution in [2.24, 2.45) is 11.8 Å². The third kappa shape index (κ3) is 6.22. The fourth-order valence-corrected chi connectivity index (χ4v) is 3.86. The van der Waals surface area contributed by atoms with Gasteiger partial charge in [-0.3, -0.25) is 9.59 Å². The van der Waals surface area contributed by atoms with E-state index < -0.39 is 0 Å². The van der Waals surface area contributed by atoms with Crippen molar-refractivity contribution in [1.82, 2.24) is 10.6 Å². The Morgan fingerprint density at radius 3 is 1.36 bits per heavy atom. The molecule has 1 aliphatic rings. The Labute approximate surface area is 167 Å². The first kappa shape index (κ1) is 20.1. The van der Waals surface area contributed by atoms with Crippen LogP contribution in [0.1, 0.15) is 36.8 Å². The van der Waals surface area contributed by atoms with Crippen LogP contribution in [0, 0.1) is 11.8 Å². The fraction of sp³-hybridized carbons (Fsp3) is 0.417. The maximum absolute atomic E-state index is 12.4. The summed E-state index contributed by atoms with van der Waals surface area (Å²) < 4.78 is 0. The molecular formula is C24H30N2O2. The maximum atomic E-state index is 12.4. The first-order valence-corrected chi connectivity index (χ1v) is 10.4. The summed E-state index contributed by atoms with van der Waals surface area (Å²) >= 11 is 0. The molecule has 0 radical (unpaired) electrons. The van der Waals surface area contributed by atoms with Crippen molar-refractivity contribution in [2.45, 2.75) is 38.5 Å². The summed E-state index contributed by atoms with van der Waals surface area (Å²) in [7, 11) is 0. The molecule has 1 aliphatic carbocycles. The molecule has 0 aliphatic heterocycles. The van der Waals surface area contributed by atoms with Crippen LogP contribution in [0.2, 0.25) is 0 Å². The molecule has 2 aromatic carbocycles. The standard InChI is InChI=1S/C24H30N2O2/c27-23(25-17-15-19-7-3-1-4-8-19)21-11-13-22(14-12-21)24(28)26-18-16-20-9-5-2-6-10-20/h1-10,21-22H,11-18H2,(H,25,27)(H,26,28). The Morgan fingerprint density at radius 1 is 0.643 bits per heavy atom. The maximum Gasteiger partial charge on any atom is 0.223 e. The zero-order valence-corrected chi connectivity index (χ0v) is 16.4. The molecule has 0 unspecified atom stereocenters. The van der Waals surface area contributed by atoms with Gasteiger partial charge in [0, 0.05) is 24.9 Å². The van der Waals surface area contributed by atoms with Crippen LogP contribution in [-0.2, 0) is 22.4 Å². The predicted octanol–water partition coefficient (Wildman–Crippen LogP) is 3.51. The van der Waals surface area contributed by atoms with Gasteiger partial charge in [0.2, 0.25) is 11.8 Å². The number of carbonyl (C=O) groups excluding carboxylic acids is 2. The molecule has 2 N–H and O–H groups in total. The molecule has 0 bridgehead atoms. The van der Waals surface area contributed by atoms with E-state index in [0.29, 0.717) is 13.1 Å². The number of benzene rings is 2. The third-order valence-corrected chi connectivity index (χ3v) is 5.58. The largest absolute Gasteiger partial charge is 0.356 e. The second kappa shape index (κ2) is 10.6. The molecule has 28 heavy (non-hydrogen) atoms. The lowest BCUT2D eigenvalue weighted by atomic mass is 9.81. The molecule has 0 spiro atoms. The lowest BCUT2D eigenvalue weighted by Gasteiger charge is -2.27. The summed E-state index contributed by atoms with van der Waals surface area (Å²) in [5.74, 6) is 0.367. The van der Waals surface area contributed by atoms with E-state index in [9.17, 15) is 9.59 Å². The molecule has 148 valence electrons. The smallest absolute Gasteiger partial charge is 0.223 e. The number of amides is 2. The molecular weight excluding hydrogens is 348 g/mol. The average molecular weight is 379 g/mol. The normalized spacial score (nSPS) is 19.0. The minimum Gasteiger partial charge on any atom is -0.356 e. The van der Waals surface area contributed by atoms with Crippen LogP contribution in [0.15, 0.2) is 60.7 Å². The second-order valence-electron chi connectivity index (χ2n) is 7.60. The molecule has 4 heteroatoms. The zero-order valence-electron chi connectivity index (χ0n) is 16.4. The summed E-state index contributed by atoms with van der Waals surface area (Å²) in [6.45, 7) is 1.34. The van der Waals surface area contributed by atoms with Crippen molar-refractivity contribution in [3.05, 3.63) is 71.8 Å². The molecule has 1 fully saturated rings. The number of nitrogens with one attached hydrogen (secondary N) is 2. The summed E-state index contributed by atoms with van der Waals surface area (Å²) in [6.07, 6.45) is 4.90. The van der Waals surface area contributed by atoms with Gasteiger partial charge in [0.05, 0.1) is 0 Å². The Morgan fingerprint density at radius 2 is 1.00 bits per heavy atom. The van der Waals surface area contributed by atoms with Gasteiger partial charge in [0.25, 0.3) is 0 Å². The van der Waals surface area contributed by atoms with Gasteiger partial charge in [-0.2, -0.15) is 0 Å². The van der Waals surface area contributed by atoms with E-state index in [2.05, 4.69) is 34.9 Å². The Kier molecular flexibility index (Phi) is 7.65. The highest BCUT2D eigenvalue weighted by molar-refractivity contribution is 5.81. The van der Waals surface area contributed by atoms with Crippen molar-refractivity contribution in [3.8, 4) is 0 Å². The van der Waals surface area contributed by atoms with E-state index in [1.165, 1.54) is 11.1 Å². The summed E-state index contributed by atoms with van der Waals surface area (Å²) in [5, 5.41) is 6.12. The number of rotatable bonds is 8. The SMILES string of the molecule is O=C(NCCc1ccccc1)C1CCC(C(=O)NCCc2ccccc2)CC1. The summed E-state index contributed by atoms with van der Waals surface area (Å²) in [4.78, 5) is 24.8. The van der Waals surface area contributed by atoms with E-state index in [1.54, 1.807) is 0 Å². The summed E-state index contributed by atoms with van der Waals surface area (Å²) in [6, 6.07) is 20.4. The molecule has 3 rings (SSSR count). The fourth-order valence-electron chi connectivity index (χ4n) is 3.86. The van der Waals surface area contributed by atoms with Crippen molar-refractivity contribution < 1.29 is 9.59 Å². The first-order chi connectivity index (χ1) is 13.7. The van der Waals surface area contributed by atoms with Crippen LogP contribution in [0.3, 0.4) is 0 Å². The van der Waals surface area contributed by atoms with Crippen molar-refractivity contribution >= 4 is 11.8 Å². The minimum absolute atomic E-state index is 0.0455. The van der Waals surface area contributed by atoms with Crippen LogP contribution >= 0.6 is 0 Å². The van der Waals surface area contributed by atoms with Crippen LogP contribution < -0.4 is 10.6 Å². The molecule has 0 aromatic heterocycles. The molecule has 2 amide bonds. The third-order valence-electron chi connectivity index (χ3n) is 5.58. The van der Waals surface area contributed by atoms with Gasteiger partial charge in [-0.05, 0) is 49.7 Å². The Hall–Kier alpha value is -2.62. The van der Waals surface area contributed by atoms with Crippen molar-refractivity contribution in [1.29, 1.82) is 0 Å². The van der Waals surface area contributed by atoms with Gasteiger partial charge in [-0.1, -0.05) is 60.7 Å². The Bertz CT molecular complexity index is 672. The number of carbonyl (C=O) groups is 2. The van der Waals surface area contributed by atoms with Crippen LogP contribution in [0.5, 0.6) is 0 Å². The van der Waals surface area contributed by atoms with Gasteiger partial charge in [-0.25, -0.2) is 0 Å². The van der Waals surface area contributed by atoms with Gasteiger partial charge in [0.15, 0.2) is 0 Å². The molecule has 0 atom stereocenters. The van der Waals surface area contributed by atoms with E-state index in [0.717, 1.165) is 38.5 Å². The van der Waals surface area contributed by atoms with Gasteiger partial charge in [-0.15, -0.1) is 0 Å². The van der Waals surface area contributed by atoms with Crippen molar-refractivity contribution in [2.75, 3.05) is 13.1 Å². The zero-order chi connectivity index (χ0) is 19.6.